The molecular weight excluding hydrogens is 428 g/mol. The molecule has 0 unspecified atom stereocenters. The summed E-state index contributed by atoms with van der Waals surface area (Å²) in [4.78, 5) is 40.6. The van der Waals surface area contributed by atoms with E-state index in [2.05, 4.69) is 24.2 Å². The summed E-state index contributed by atoms with van der Waals surface area (Å²) in [5, 5.41) is 4.97. The summed E-state index contributed by atoms with van der Waals surface area (Å²) in [5.41, 5.74) is 7.61. The van der Waals surface area contributed by atoms with Crippen LogP contribution in [0.3, 0.4) is 0 Å². The number of amides is 2. The van der Waals surface area contributed by atoms with Crippen molar-refractivity contribution in [3.05, 3.63) is 65.9 Å². The third kappa shape index (κ3) is 3.42. The second-order valence-corrected chi connectivity index (χ2v) is 10.5. The minimum absolute atomic E-state index is 0.00922. The van der Waals surface area contributed by atoms with Gasteiger partial charge in [0.15, 0.2) is 11.5 Å². The molecule has 2 heterocycles. The second-order valence-electron chi connectivity index (χ2n) is 10.5. The van der Waals surface area contributed by atoms with E-state index in [0.717, 1.165) is 19.3 Å². The van der Waals surface area contributed by atoms with E-state index in [0.29, 0.717) is 29.2 Å². The van der Waals surface area contributed by atoms with Gasteiger partial charge in [-0.2, -0.15) is 5.10 Å². The van der Waals surface area contributed by atoms with E-state index in [4.69, 9.17) is 5.73 Å². The number of ketones is 1. The average Bonchev–Trinajstić information content (AvgIpc) is 3.65. The monoisotopic (exact) mass is 456 g/mol. The summed E-state index contributed by atoms with van der Waals surface area (Å²) in [6.45, 7) is 2.18. The number of nitrogens with two attached hydrogens (primary N) is 1. The molecule has 2 N–H and O–H groups in total. The Kier molecular flexibility index (Phi) is 4.66. The van der Waals surface area contributed by atoms with Gasteiger partial charge in [0.25, 0.3) is 5.91 Å². The SMILES string of the molecule is C[C@]1(CC(=O)[C@@H]2C[C@H]3C[C@H]3N2C(=O)Cn2nc(C(N)=O)c3ccccc32)C[C@@H]1c1ccccc1. The van der Waals surface area contributed by atoms with Crippen molar-refractivity contribution in [2.45, 2.75) is 57.2 Å². The molecule has 0 spiro atoms. The maximum Gasteiger partial charge on any atom is 0.269 e. The molecule has 7 heteroatoms. The van der Waals surface area contributed by atoms with Crippen LogP contribution in [0.4, 0.5) is 0 Å². The molecule has 174 valence electrons. The molecule has 6 rings (SSSR count). The first-order chi connectivity index (χ1) is 16.4. The van der Waals surface area contributed by atoms with Gasteiger partial charge >= 0.3 is 0 Å². The molecule has 7 nitrogen and oxygen atoms in total. The predicted molar refractivity (Wildman–Crippen MR) is 127 cm³/mol. The minimum atomic E-state index is -0.621. The van der Waals surface area contributed by atoms with Crippen molar-refractivity contribution >= 4 is 28.5 Å². The number of carbonyl (C=O) groups excluding carboxylic acids is 3. The summed E-state index contributed by atoms with van der Waals surface area (Å²) < 4.78 is 1.54. The number of hydrogen-bond acceptors (Lipinski definition) is 4. The van der Waals surface area contributed by atoms with Crippen molar-refractivity contribution in [2.24, 2.45) is 17.1 Å². The highest BCUT2D eigenvalue weighted by molar-refractivity contribution is 6.04. The zero-order valence-electron chi connectivity index (χ0n) is 19.2. The lowest BCUT2D eigenvalue weighted by Crippen LogP contribution is -2.45. The van der Waals surface area contributed by atoms with Crippen LogP contribution in [-0.2, 0) is 16.1 Å². The molecule has 1 saturated heterocycles. The Labute approximate surface area is 197 Å². The third-order valence-corrected chi connectivity index (χ3v) is 8.07. The number of nitrogens with zero attached hydrogens (tertiary/aromatic N) is 3. The molecule has 34 heavy (non-hydrogen) atoms. The standard InChI is InChI=1S/C27H28N4O3/c1-27(13-19(27)16-7-3-2-4-8-16)14-23(32)22-12-17-11-21(17)31(22)24(33)15-30-20-10-6-5-9-18(20)25(29-30)26(28)34/h2-10,17,19,21-22H,11-15H2,1H3,(H2,28,34)/t17-,19-,21-,22+,27-/m1/s1. The summed E-state index contributed by atoms with van der Waals surface area (Å²) >= 11 is 0. The topological polar surface area (TPSA) is 98.3 Å². The highest BCUT2D eigenvalue weighted by atomic mass is 16.2. The Morgan fingerprint density at radius 2 is 1.79 bits per heavy atom. The first-order valence-corrected chi connectivity index (χ1v) is 12.0. The number of hydrogen-bond donors (Lipinski definition) is 1. The van der Waals surface area contributed by atoms with E-state index in [1.807, 2.05) is 41.3 Å². The Morgan fingerprint density at radius 3 is 2.56 bits per heavy atom. The van der Waals surface area contributed by atoms with Gasteiger partial charge in [-0.1, -0.05) is 55.5 Å². The molecule has 2 aromatic carbocycles. The Morgan fingerprint density at radius 1 is 1.06 bits per heavy atom. The molecule has 1 aliphatic heterocycles. The normalized spacial score (nSPS) is 29.1. The molecule has 3 aromatic rings. The van der Waals surface area contributed by atoms with Gasteiger partial charge in [-0.05, 0) is 48.1 Å². The molecule has 3 fully saturated rings. The van der Waals surface area contributed by atoms with Crippen molar-refractivity contribution in [2.75, 3.05) is 0 Å². The average molecular weight is 457 g/mol. The van der Waals surface area contributed by atoms with E-state index < -0.39 is 5.91 Å². The van der Waals surface area contributed by atoms with Crippen molar-refractivity contribution < 1.29 is 14.4 Å². The maximum absolute atomic E-state index is 13.5. The zero-order valence-corrected chi connectivity index (χ0v) is 19.2. The number of piperidine rings is 1. The molecule has 2 saturated carbocycles. The lowest BCUT2D eigenvalue weighted by Gasteiger charge is -2.28. The molecule has 5 atom stereocenters. The summed E-state index contributed by atoms with van der Waals surface area (Å²) in [6, 6.07) is 17.4. The van der Waals surface area contributed by atoms with Crippen molar-refractivity contribution in [3.8, 4) is 0 Å². The van der Waals surface area contributed by atoms with E-state index in [1.165, 1.54) is 5.56 Å². The van der Waals surface area contributed by atoms with Crippen LogP contribution >= 0.6 is 0 Å². The third-order valence-electron chi connectivity index (χ3n) is 8.07. The van der Waals surface area contributed by atoms with Crippen LogP contribution in [0, 0.1) is 11.3 Å². The summed E-state index contributed by atoms with van der Waals surface area (Å²) in [6.07, 6.45) is 3.22. The Balaban J connectivity index is 1.19. The fourth-order valence-corrected chi connectivity index (χ4v) is 6.07. The molecular formula is C27H28N4O3. The van der Waals surface area contributed by atoms with Gasteiger partial charge in [0, 0.05) is 17.8 Å². The van der Waals surface area contributed by atoms with Crippen molar-refractivity contribution in [3.63, 3.8) is 0 Å². The van der Waals surface area contributed by atoms with E-state index in [-0.39, 0.29) is 41.4 Å². The number of likely N-dealkylation sites (tertiary alicyclic amines) is 1. The number of benzene rings is 2. The number of fused-ring (bicyclic) bond motifs is 2. The lowest BCUT2D eigenvalue weighted by atomic mass is 9.91. The van der Waals surface area contributed by atoms with Gasteiger partial charge in [-0.3, -0.25) is 19.1 Å². The minimum Gasteiger partial charge on any atom is -0.364 e. The fraction of sp³-hybridized carbons (Fsp3) is 0.407. The van der Waals surface area contributed by atoms with Crippen molar-refractivity contribution in [1.29, 1.82) is 0 Å². The van der Waals surface area contributed by atoms with Crippen molar-refractivity contribution in [1.82, 2.24) is 14.7 Å². The number of primary amides is 1. The lowest BCUT2D eigenvalue weighted by molar-refractivity contribution is -0.140. The van der Waals surface area contributed by atoms with Gasteiger partial charge in [-0.25, -0.2) is 0 Å². The maximum atomic E-state index is 13.5. The van der Waals surface area contributed by atoms with Gasteiger partial charge in [0.05, 0.1) is 11.6 Å². The summed E-state index contributed by atoms with van der Waals surface area (Å²) in [5.74, 6) is 0.258. The molecule has 2 amide bonds. The largest absolute Gasteiger partial charge is 0.364 e. The highest BCUT2D eigenvalue weighted by Gasteiger charge is 2.58. The van der Waals surface area contributed by atoms with E-state index in [1.54, 1.807) is 10.7 Å². The van der Waals surface area contributed by atoms with Gasteiger partial charge < -0.3 is 10.6 Å². The van der Waals surface area contributed by atoms with Crippen LogP contribution in [0.15, 0.2) is 54.6 Å². The first kappa shape index (κ1) is 21.1. The molecule has 1 aromatic heterocycles. The van der Waals surface area contributed by atoms with Crippen LogP contribution in [-0.4, -0.2) is 44.4 Å². The van der Waals surface area contributed by atoms with Crippen LogP contribution in [0.5, 0.6) is 0 Å². The molecule has 0 bridgehead atoms. The Bertz CT molecular complexity index is 1320. The van der Waals surface area contributed by atoms with Gasteiger partial charge in [0.2, 0.25) is 5.91 Å². The number of carbonyl (C=O) groups is 3. The number of aromatic nitrogens is 2. The highest BCUT2D eigenvalue weighted by Crippen LogP contribution is 2.62. The second kappa shape index (κ2) is 7.52. The van der Waals surface area contributed by atoms with Crippen LogP contribution < -0.4 is 5.73 Å². The number of Topliss-reactive ketones (excluding diaryl/α,β-unsaturated/α-hetero) is 1. The van der Waals surface area contributed by atoms with E-state index >= 15 is 0 Å². The quantitative estimate of drug-likeness (QED) is 0.590. The molecule has 2 aliphatic carbocycles. The molecule has 0 radical (unpaired) electrons. The summed E-state index contributed by atoms with van der Waals surface area (Å²) in [7, 11) is 0. The predicted octanol–water partition coefficient (Wildman–Crippen LogP) is 3.28. The van der Waals surface area contributed by atoms with Crippen LogP contribution in [0.25, 0.3) is 10.9 Å². The van der Waals surface area contributed by atoms with Gasteiger partial charge in [-0.15, -0.1) is 0 Å². The first-order valence-electron chi connectivity index (χ1n) is 12.0. The number of para-hydroxylation sites is 1. The number of rotatable bonds is 7. The smallest absolute Gasteiger partial charge is 0.269 e. The fourth-order valence-electron chi connectivity index (χ4n) is 6.07. The molecule has 3 aliphatic rings. The van der Waals surface area contributed by atoms with Crippen LogP contribution in [0.2, 0.25) is 0 Å². The zero-order chi connectivity index (χ0) is 23.6. The van der Waals surface area contributed by atoms with Crippen LogP contribution in [0.1, 0.15) is 54.6 Å². The van der Waals surface area contributed by atoms with E-state index in [9.17, 15) is 14.4 Å². The van der Waals surface area contributed by atoms with Gasteiger partial charge in [0.1, 0.15) is 6.54 Å². The Hall–Kier alpha value is -3.48.